The highest BCUT2D eigenvalue weighted by Gasteiger charge is 2.30. The second kappa shape index (κ2) is 5.98. The summed E-state index contributed by atoms with van der Waals surface area (Å²) in [6.07, 6.45) is 4.30. The molecule has 1 aliphatic carbocycles. The first-order valence-corrected chi connectivity index (χ1v) is 8.19. The Labute approximate surface area is 134 Å². The molecule has 1 saturated carbocycles. The molecule has 0 radical (unpaired) electrons. The molecule has 1 aliphatic rings. The minimum atomic E-state index is 0.145. The molecule has 0 unspecified atom stereocenters. The van der Waals surface area contributed by atoms with Crippen LogP contribution in [0.3, 0.4) is 0 Å². The molecule has 3 nitrogen and oxygen atoms in total. The fraction of sp³-hybridized carbons (Fsp3) is 0.500. The third-order valence-electron chi connectivity index (χ3n) is 4.46. The largest absolute Gasteiger partial charge is 0.352 e. The summed E-state index contributed by atoms with van der Waals surface area (Å²) in [6, 6.07) is 5.82. The van der Waals surface area contributed by atoms with Crippen molar-refractivity contribution in [3.05, 3.63) is 38.8 Å². The van der Waals surface area contributed by atoms with Crippen LogP contribution < -0.4 is 0 Å². The summed E-state index contributed by atoms with van der Waals surface area (Å²) < 4.78 is 1.21. The van der Waals surface area contributed by atoms with E-state index in [0.717, 1.165) is 48.2 Å². The molecule has 1 heterocycles. The topological polar surface area (TPSA) is 35.9 Å². The van der Waals surface area contributed by atoms with E-state index in [4.69, 9.17) is 23.2 Å². The van der Waals surface area contributed by atoms with Gasteiger partial charge in [0.25, 0.3) is 0 Å². The van der Waals surface area contributed by atoms with Crippen molar-refractivity contribution in [1.29, 1.82) is 0 Å². The van der Waals surface area contributed by atoms with Crippen molar-refractivity contribution in [2.45, 2.75) is 45.2 Å². The minimum absolute atomic E-state index is 0.145. The Morgan fingerprint density at radius 1 is 1.24 bits per heavy atom. The summed E-state index contributed by atoms with van der Waals surface area (Å²) in [6.45, 7) is 2.64. The Kier molecular flexibility index (Phi) is 4.23. The second-order valence-electron chi connectivity index (χ2n) is 6.11. The number of hydrogen-bond acceptors (Lipinski definition) is 1. The molecule has 1 aromatic heterocycles. The van der Waals surface area contributed by atoms with E-state index in [-0.39, 0.29) is 6.04 Å². The zero-order chi connectivity index (χ0) is 15.0. The number of nitroso groups, excluding NO2 is 1. The summed E-state index contributed by atoms with van der Waals surface area (Å²) >= 11 is 12.2. The van der Waals surface area contributed by atoms with Gasteiger partial charge in [0.05, 0.1) is 21.3 Å². The molecule has 1 fully saturated rings. The molecule has 21 heavy (non-hydrogen) atoms. The van der Waals surface area contributed by atoms with Crippen LogP contribution in [0.25, 0.3) is 10.9 Å². The average molecular weight is 326 g/mol. The Bertz CT molecular complexity index is 672. The van der Waals surface area contributed by atoms with E-state index in [9.17, 15) is 4.91 Å². The number of aromatic nitrogens is 1. The zero-order valence-corrected chi connectivity index (χ0v) is 13.5. The molecule has 0 atom stereocenters. The maximum atomic E-state index is 12.3. The van der Waals surface area contributed by atoms with Crippen LogP contribution in [-0.2, 0) is 6.54 Å². The normalized spacial score (nSPS) is 22.6. The lowest BCUT2D eigenvalue weighted by atomic mass is 9.87. The van der Waals surface area contributed by atoms with Gasteiger partial charge in [0, 0.05) is 27.9 Å². The summed E-state index contributed by atoms with van der Waals surface area (Å²) in [7, 11) is 0. The summed E-state index contributed by atoms with van der Waals surface area (Å²) in [5.41, 5.74) is 1.70. The highest BCUT2D eigenvalue weighted by molar-refractivity contribution is 6.45. The van der Waals surface area contributed by atoms with Crippen LogP contribution in [0.4, 0.5) is 0 Å². The van der Waals surface area contributed by atoms with Crippen molar-refractivity contribution >= 4 is 34.1 Å². The molecule has 3 rings (SSSR count). The molecule has 112 valence electrons. The van der Waals surface area contributed by atoms with Crippen LogP contribution in [0.1, 0.15) is 38.3 Å². The van der Waals surface area contributed by atoms with E-state index in [1.165, 1.54) is 4.76 Å². The third kappa shape index (κ3) is 3.09. The van der Waals surface area contributed by atoms with Gasteiger partial charge >= 0.3 is 0 Å². The van der Waals surface area contributed by atoms with Gasteiger partial charge in [0.2, 0.25) is 12.6 Å². The SMILES string of the molecule is CC1CCC([N+](=O)Cc2cc3ccc(Cl)c(Cl)c3[nH]2)CC1. The van der Waals surface area contributed by atoms with Gasteiger partial charge in [0.1, 0.15) is 0 Å². The van der Waals surface area contributed by atoms with Crippen molar-refractivity contribution in [2.24, 2.45) is 5.92 Å². The minimum Gasteiger partial charge on any atom is -0.352 e. The quantitative estimate of drug-likeness (QED) is 0.760. The molecule has 5 heteroatoms. The number of H-pyrrole nitrogens is 1. The predicted octanol–water partition coefficient (Wildman–Crippen LogP) is 5.33. The number of aromatic amines is 1. The predicted molar refractivity (Wildman–Crippen MR) is 87.1 cm³/mol. The van der Waals surface area contributed by atoms with Crippen molar-refractivity contribution in [1.82, 2.24) is 4.98 Å². The van der Waals surface area contributed by atoms with Gasteiger partial charge < -0.3 is 4.98 Å². The highest BCUT2D eigenvalue weighted by Crippen LogP contribution is 2.31. The van der Waals surface area contributed by atoms with Gasteiger partial charge in [-0.05, 0) is 30.9 Å². The van der Waals surface area contributed by atoms with Gasteiger partial charge in [-0.1, -0.05) is 36.2 Å². The molecule has 2 aromatic rings. The van der Waals surface area contributed by atoms with Crippen LogP contribution in [-0.4, -0.2) is 15.8 Å². The van der Waals surface area contributed by atoms with Crippen LogP contribution in [0.15, 0.2) is 18.2 Å². The second-order valence-corrected chi connectivity index (χ2v) is 6.89. The third-order valence-corrected chi connectivity index (χ3v) is 5.27. The lowest BCUT2D eigenvalue weighted by Crippen LogP contribution is -2.28. The molecule has 1 N–H and O–H groups in total. The summed E-state index contributed by atoms with van der Waals surface area (Å²) in [5, 5.41) is 2.03. The summed E-state index contributed by atoms with van der Waals surface area (Å²) in [4.78, 5) is 15.6. The van der Waals surface area contributed by atoms with Crippen LogP contribution in [0.2, 0.25) is 10.0 Å². The standard InChI is InChI=1S/C16H19Cl2N2O/c1-10-2-5-13(6-3-10)20(21)9-12-8-11-4-7-14(17)15(18)16(11)19-12/h4,7-8,10,13,19H,2-3,5-6,9H2,1H3/q+1. The van der Waals surface area contributed by atoms with Gasteiger partial charge in [-0.2, -0.15) is 0 Å². The van der Waals surface area contributed by atoms with Gasteiger partial charge in [-0.15, -0.1) is 0 Å². The first-order valence-electron chi connectivity index (χ1n) is 7.44. The number of hydrogen-bond donors (Lipinski definition) is 1. The number of fused-ring (bicyclic) bond motifs is 1. The maximum Gasteiger partial charge on any atom is 0.231 e. The van der Waals surface area contributed by atoms with Crippen molar-refractivity contribution in [2.75, 3.05) is 0 Å². The van der Waals surface area contributed by atoms with Crippen molar-refractivity contribution in [3.8, 4) is 0 Å². The molecule has 0 aliphatic heterocycles. The number of nitrogens with zero attached hydrogens (tertiary/aromatic N) is 1. The number of rotatable bonds is 3. The van der Waals surface area contributed by atoms with Crippen molar-refractivity contribution in [3.63, 3.8) is 0 Å². The molecular weight excluding hydrogens is 307 g/mol. The van der Waals surface area contributed by atoms with Crippen LogP contribution in [0, 0.1) is 10.8 Å². The van der Waals surface area contributed by atoms with Crippen LogP contribution in [0.5, 0.6) is 0 Å². The number of halogens is 2. The lowest BCUT2D eigenvalue weighted by Gasteiger charge is -2.20. The fourth-order valence-corrected chi connectivity index (χ4v) is 3.49. The molecule has 0 spiro atoms. The summed E-state index contributed by atoms with van der Waals surface area (Å²) in [5.74, 6) is 0.753. The van der Waals surface area contributed by atoms with E-state index in [1.54, 1.807) is 6.07 Å². The Morgan fingerprint density at radius 2 is 1.95 bits per heavy atom. The smallest absolute Gasteiger partial charge is 0.231 e. The Morgan fingerprint density at radius 3 is 2.67 bits per heavy atom. The maximum absolute atomic E-state index is 12.3. The zero-order valence-electron chi connectivity index (χ0n) is 12.0. The Balaban J connectivity index is 1.76. The molecule has 0 bridgehead atoms. The number of nitrogens with one attached hydrogen (secondary N) is 1. The Hall–Kier alpha value is -1.06. The molecular formula is C16H19Cl2N2O+. The van der Waals surface area contributed by atoms with E-state index in [2.05, 4.69) is 11.9 Å². The molecule has 0 amide bonds. The van der Waals surface area contributed by atoms with Crippen molar-refractivity contribution < 1.29 is 4.76 Å². The average Bonchev–Trinajstić information content (AvgIpc) is 2.87. The lowest BCUT2D eigenvalue weighted by molar-refractivity contribution is -0.605. The first kappa shape index (κ1) is 14.9. The van der Waals surface area contributed by atoms with Gasteiger partial charge in [-0.25, -0.2) is 0 Å². The number of benzene rings is 1. The van der Waals surface area contributed by atoms with E-state index < -0.39 is 0 Å². The van der Waals surface area contributed by atoms with E-state index in [1.807, 2.05) is 12.1 Å². The van der Waals surface area contributed by atoms with Gasteiger partial charge in [0.15, 0.2) is 0 Å². The van der Waals surface area contributed by atoms with Gasteiger partial charge in [-0.3, -0.25) is 0 Å². The molecule has 1 aromatic carbocycles. The first-order chi connectivity index (χ1) is 10.0. The van der Waals surface area contributed by atoms with E-state index >= 15 is 0 Å². The van der Waals surface area contributed by atoms with E-state index in [0.29, 0.717) is 16.6 Å². The highest BCUT2D eigenvalue weighted by atomic mass is 35.5. The van der Waals surface area contributed by atoms with Crippen LogP contribution >= 0.6 is 23.2 Å². The molecule has 0 saturated heterocycles. The monoisotopic (exact) mass is 325 g/mol. The fourth-order valence-electron chi connectivity index (χ4n) is 3.11.